The van der Waals surface area contributed by atoms with Crippen LogP contribution >= 0.6 is 0 Å². The Morgan fingerprint density at radius 1 is 1.00 bits per heavy atom. The van der Waals surface area contributed by atoms with Crippen LogP contribution in [0.5, 0.6) is 5.88 Å². The van der Waals surface area contributed by atoms with E-state index in [0.717, 1.165) is 36.7 Å². The van der Waals surface area contributed by atoms with Crippen molar-refractivity contribution >= 4 is 0 Å². The molecule has 4 nitrogen and oxygen atoms in total. The summed E-state index contributed by atoms with van der Waals surface area (Å²) in [7, 11) is 0. The molecule has 146 valence electrons. The van der Waals surface area contributed by atoms with Crippen LogP contribution in [0.1, 0.15) is 32.1 Å². The SMILES string of the molecule is C1=CCCC(CN2CCC(CCOc3ccc(-c4ccccc4)nn3)CC2)=C1. The molecule has 0 amide bonds. The van der Waals surface area contributed by atoms with Gasteiger partial charge in [-0.2, -0.15) is 0 Å². The van der Waals surface area contributed by atoms with Gasteiger partial charge in [0.15, 0.2) is 0 Å². The number of benzene rings is 1. The monoisotopic (exact) mass is 375 g/mol. The summed E-state index contributed by atoms with van der Waals surface area (Å²) in [6.07, 6.45) is 12.8. The highest BCUT2D eigenvalue weighted by atomic mass is 16.5. The van der Waals surface area contributed by atoms with Gasteiger partial charge in [0.25, 0.3) is 0 Å². The van der Waals surface area contributed by atoms with Crippen molar-refractivity contribution in [1.29, 1.82) is 0 Å². The third-order valence-electron chi connectivity index (χ3n) is 5.72. The topological polar surface area (TPSA) is 38.2 Å². The molecule has 1 saturated heterocycles. The van der Waals surface area contributed by atoms with Crippen molar-refractivity contribution in [3.8, 4) is 17.1 Å². The fourth-order valence-electron chi connectivity index (χ4n) is 3.99. The summed E-state index contributed by atoms with van der Waals surface area (Å²) in [5.74, 6) is 1.38. The van der Waals surface area contributed by atoms with Crippen molar-refractivity contribution in [2.24, 2.45) is 5.92 Å². The van der Waals surface area contributed by atoms with Crippen LogP contribution in [0, 0.1) is 5.92 Å². The van der Waals surface area contributed by atoms with E-state index in [4.69, 9.17) is 4.74 Å². The molecule has 1 aliphatic carbocycles. The second kappa shape index (κ2) is 9.65. The summed E-state index contributed by atoms with van der Waals surface area (Å²) in [6, 6.07) is 14.0. The van der Waals surface area contributed by atoms with Gasteiger partial charge in [0, 0.05) is 18.2 Å². The first-order valence-electron chi connectivity index (χ1n) is 10.5. The molecule has 0 saturated carbocycles. The molecule has 0 unspecified atom stereocenters. The molecule has 4 rings (SSSR count). The molecule has 4 heteroatoms. The maximum absolute atomic E-state index is 5.84. The zero-order valence-corrected chi connectivity index (χ0v) is 16.5. The quantitative estimate of drug-likeness (QED) is 0.690. The largest absolute Gasteiger partial charge is 0.477 e. The maximum atomic E-state index is 5.84. The van der Waals surface area contributed by atoms with Gasteiger partial charge >= 0.3 is 0 Å². The number of hydrogen-bond acceptors (Lipinski definition) is 4. The van der Waals surface area contributed by atoms with Gasteiger partial charge in [-0.25, -0.2) is 0 Å². The summed E-state index contributed by atoms with van der Waals surface area (Å²) in [6.45, 7) is 4.28. The number of allylic oxidation sites excluding steroid dienone is 3. The standard InChI is InChI=1S/C24H29N3O/c1-3-7-21(8-4-1)19-27-16-13-20(14-17-27)15-18-28-24-12-11-23(25-26-24)22-9-5-2-6-10-22/h1-3,5-7,9-12,20H,4,8,13-19H2. The number of ether oxygens (including phenoxy) is 1. The molecule has 1 aliphatic heterocycles. The molecule has 28 heavy (non-hydrogen) atoms. The number of rotatable bonds is 7. The number of likely N-dealkylation sites (tertiary alicyclic amines) is 1. The van der Waals surface area contributed by atoms with Gasteiger partial charge in [0.05, 0.1) is 12.3 Å². The lowest BCUT2D eigenvalue weighted by Crippen LogP contribution is -2.35. The van der Waals surface area contributed by atoms with Gasteiger partial charge in [-0.05, 0) is 57.2 Å². The van der Waals surface area contributed by atoms with Gasteiger partial charge in [-0.1, -0.05) is 54.1 Å². The van der Waals surface area contributed by atoms with E-state index in [9.17, 15) is 0 Å². The van der Waals surface area contributed by atoms with Crippen LogP contribution in [0.4, 0.5) is 0 Å². The lowest BCUT2D eigenvalue weighted by Gasteiger charge is -2.32. The summed E-state index contributed by atoms with van der Waals surface area (Å²) < 4.78 is 5.84. The normalized spacial score (nSPS) is 18.1. The molecule has 0 N–H and O–H groups in total. The zero-order valence-electron chi connectivity index (χ0n) is 16.5. The fourth-order valence-corrected chi connectivity index (χ4v) is 3.99. The maximum Gasteiger partial charge on any atom is 0.233 e. The van der Waals surface area contributed by atoms with Gasteiger partial charge in [0.2, 0.25) is 5.88 Å². The Balaban J connectivity index is 1.17. The minimum atomic E-state index is 0.620. The minimum absolute atomic E-state index is 0.620. The highest BCUT2D eigenvalue weighted by Crippen LogP contribution is 2.23. The molecule has 2 heterocycles. The molecule has 1 aromatic carbocycles. The first-order chi connectivity index (χ1) is 13.9. The Hall–Kier alpha value is -2.46. The first kappa shape index (κ1) is 18.9. The van der Waals surface area contributed by atoms with E-state index in [2.05, 4.69) is 33.3 Å². The summed E-state index contributed by atoms with van der Waals surface area (Å²) in [5.41, 5.74) is 3.54. The van der Waals surface area contributed by atoms with E-state index in [0.29, 0.717) is 5.88 Å². The summed E-state index contributed by atoms with van der Waals surface area (Å²) >= 11 is 0. The van der Waals surface area contributed by atoms with Crippen molar-refractivity contribution in [2.75, 3.05) is 26.2 Å². The fraction of sp³-hybridized carbons (Fsp3) is 0.417. The van der Waals surface area contributed by atoms with Crippen LogP contribution in [0.25, 0.3) is 11.3 Å². The molecule has 0 radical (unpaired) electrons. The van der Waals surface area contributed by atoms with Gasteiger partial charge in [-0.15, -0.1) is 10.2 Å². The average molecular weight is 376 g/mol. The number of piperidine rings is 1. The zero-order chi connectivity index (χ0) is 19.0. The number of nitrogens with zero attached hydrogens (tertiary/aromatic N) is 3. The van der Waals surface area contributed by atoms with Crippen molar-refractivity contribution in [1.82, 2.24) is 15.1 Å². The Morgan fingerprint density at radius 2 is 1.86 bits per heavy atom. The van der Waals surface area contributed by atoms with Gasteiger partial charge in [0.1, 0.15) is 0 Å². The molecule has 2 aliphatic rings. The van der Waals surface area contributed by atoms with Crippen LogP contribution in [0.15, 0.2) is 66.3 Å². The lowest BCUT2D eigenvalue weighted by atomic mass is 9.93. The van der Waals surface area contributed by atoms with E-state index in [1.165, 1.54) is 38.8 Å². The van der Waals surface area contributed by atoms with Crippen LogP contribution in [-0.2, 0) is 0 Å². The van der Waals surface area contributed by atoms with Gasteiger partial charge in [-0.3, -0.25) is 4.90 Å². The molecule has 0 bridgehead atoms. The first-order valence-corrected chi connectivity index (χ1v) is 10.5. The summed E-state index contributed by atoms with van der Waals surface area (Å²) in [5, 5.41) is 8.51. The van der Waals surface area contributed by atoms with E-state index >= 15 is 0 Å². The van der Waals surface area contributed by atoms with Crippen molar-refractivity contribution in [3.63, 3.8) is 0 Å². The number of aromatic nitrogens is 2. The van der Waals surface area contributed by atoms with E-state index < -0.39 is 0 Å². The second-order valence-corrected chi connectivity index (χ2v) is 7.77. The average Bonchev–Trinajstić information content (AvgIpc) is 2.77. The molecular formula is C24H29N3O. The predicted octanol–water partition coefficient (Wildman–Crippen LogP) is 4.90. The van der Waals surface area contributed by atoms with Crippen LogP contribution in [0.3, 0.4) is 0 Å². The van der Waals surface area contributed by atoms with Crippen LogP contribution < -0.4 is 4.74 Å². The van der Waals surface area contributed by atoms with Crippen molar-refractivity contribution in [3.05, 3.63) is 66.3 Å². The molecule has 1 aromatic heterocycles. The summed E-state index contributed by atoms with van der Waals surface area (Å²) in [4.78, 5) is 2.61. The Morgan fingerprint density at radius 3 is 2.57 bits per heavy atom. The molecule has 2 aromatic rings. The third-order valence-corrected chi connectivity index (χ3v) is 5.72. The van der Waals surface area contributed by atoms with Gasteiger partial charge < -0.3 is 4.74 Å². The molecule has 1 fully saturated rings. The van der Waals surface area contributed by atoms with E-state index in [1.807, 2.05) is 42.5 Å². The minimum Gasteiger partial charge on any atom is -0.477 e. The Labute approximate surface area is 167 Å². The Bertz CT molecular complexity index is 790. The molecule has 0 atom stereocenters. The molecule has 0 spiro atoms. The Kier molecular flexibility index (Phi) is 6.51. The lowest BCUT2D eigenvalue weighted by molar-refractivity contribution is 0.170. The highest BCUT2D eigenvalue weighted by Gasteiger charge is 2.20. The molecular weight excluding hydrogens is 346 g/mol. The van der Waals surface area contributed by atoms with Crippen LogP contribution in [-0.4, -0.2) is 41.3 Å². The number of hydrogen-bond donors (Lipinski definition) is 0. The van der Waals surface area contributed by atoms with E-state index in [-0.39, 0.29) is 0 Å². The van der Waals surface area contributed by atoms with Crippen LogP contribution in [0.2, 0.25) is 0 Å². The second-order valence-electron chi connectivity index (χ2n) is 7.77. The third kappa shape index (κ3) is 5.29. The smallest absolute Gasteiger partial charge is 0.233 e. The van der Waals surface area contributed by atoms with Crippen molar-refractivity contribution in [2.45, 2.75) is 32.1 Å². The van der Waals surface area contributed by atoms with E-state index in [1.54, 1.807) is 5.57 Å². The highest BCUT2D eigenvalue weighted by molar-refractivity contribution is 5.58. The van der Waals surface area contributed by atoms with Crippen molar-refractivity contribution < 1.29 is 4.74 Å². The predicted molar refractivity (Wildman–Crippen MR) is 113 cm³/mol.